The van der Waals surface area contributed by atoms with E-state index in [-0.39, 0.29) is 11.6 Å². The molecule has 1 rings (SSSR count). The average molecular weight is 178 g/mol. The van der Waals surface area contributed by atoms with Crippen LogP contribution in [0.5, 0.6) is 0 Å². The maximum Gasteiger partial charge on any atom is 0.269 e. The predicted molar refractivity (Wildman–Crippen MR) is 51.5 cm³/mol. The summed E-state index contributed by atoms with van der Waals surface area (Å²) in [5.41, 5.74) is 1.18. The first kappa shape index (κ1) is 9.71. The molecule has 0 bridgehead atoms. The van der Waals surface area contributed by atoms with Crippen molar-refractivity contribution >= 4 is 5.69 Å². The summed E-state index contributed by atoms with van der Waals surface area (Å²) in [6.07, 6.45) is 0.942. The number of nitrogens with zero attached hydrogens (tertiary/aromatic N) is 1. The molecule has 0 N–H and O–H groups in total. The molecule has 1 aromatic carbocycles. The Labute approximate surface area is 77.5 Å². The number of non-ortho nitro benzene ring substituents is 1. The molecule has 0 amide bonds. The van der Waals surface area contributed by atoms with Gasteiger partial charge in [-0.3, -0.25) is 10.1 Å². The van der Waals surface area contributed by atoms with Gasteiger partial charge in [0.25, 0.3) is 5.69 Å². The minimum absolute atomic E-state index is 0.132. The average Bonchev–Trinajstić information content (AvgIpc) is 2.17. The summed E-state index contributed by atoms with van der Waals surface area (Å²) in [5, 5.41) is 10.3. The van der Waals surface area contributed by atoms with Crippen LogP contribution in [0, 0.1) is 17.0 Å². The third-order valence-corrected chi connectivity index (χ3v) is 2.07. The van der Waals surface area contributed by atoms with Crippen LogP contribution in [0.1, 0.15) is 24.8 Å². The monoisotopic (exact) mass is 178 g/mol. The zero-order valence-electron chi connectivity index (χ0n) is 7.56. The Kier molecular flexibility index (Phi) is 3.01. The Morgan fingerprint density at radius 3 is 2.38 bits per heavy atom. The van der Waals surface area contributed by atoms with Crippen molar-refractivity contribution in [2.24, 2.45) is 0 Å². The second-order valence-electron chi connectivity index (χ2n) is 2.95. The molecular formula is C10H12NO2. The number of rotatable bonds is 3. The first-order valence-electron chi connectivity index (χ1n) is 4.22. The zero-order valence-corrected chi connectivity index (χ0v) is 7.56. The van der Waals surface area contributed by atoms with E-state index < -0.39 is 4.92 Å². The van der Waals surface area contributed by atoms with Gasteiger partial charge in [-0.15, -0.1) is 0 Å². The van der Waals surface area contributed by atoms with Crippen molar-refractivity contribution in [3.8, 4) is 0 Å². The summed E-state index contributed by atoms with van der Waals surface area (Å²) >= 11 is 0. The third kappa shape index (κ3) is 2.28. The van der Waals surface area contributed by atoms with E-state index in [0.717, 1.165) is 12.0 Å². The van der Waals surface area contributed by atoms with Gasteiger partial charge >= 0.3 is 0 Å². The predicted octanol–water partition coefficient (Wildman–Crippen LogP) is 2.92. The topological polar surface area (TPSA) is 43.1 Å². The first-order valence-corrected chi connectivity index (χ1v) is 4.22. The van der Waals surface area contributed by atoms with Gasteiger partial charge in [-0.05, 0) is 24.8 Å². The molecule has 1 aromatic rings. The lowest BCUT2D eigenvalue weighted by atomic mass is 9.99. The molecule has 0 saturated heterocycles. The lowest BCUT2D eigenvalue weighted by Gasteiger charge is -2.07. The van der Waals surface area contributed by atoms with Crippen LogP contribution in [-0.2, 0) is 0 Å². The number of hydrogen-bond acceptors (Lipinski definition) is 2. The fraction of sp³-hybridized carbons (Fsp3) is 0.300. The van der Waals surface area contributed by atoms with E-state index in [9.17, 15) is 10.1 Å². The van der Waals surface area contributed by atoms with Gasteiger partial charge in [-0.25, -0.2) is 0 Å². The van der Waals surface area contributed by atoms with Crippen LogP contribution in [0.15, 0.2) is 24.3 Å². The van der Waals surface area contributed by atoms with Crippen molar-refractivity contribution in [3.05, 3.63) is 46.9 Å². The molecule has 0 spiro atoms. The van der Waals surface area contributed by atoms with E-state index in [1.165, 1.54) is 12.1 Å². The maximum atomic E-state index is 10.3. The summed E-state index contributed by atoms with van der Waals surface area (Å²) in [5.74, 6) is 0.223. The van der Waals surface area contributed by atoms with Gasteiger partial charge in [-0.1, -0.05) is 19.1 Å². The molecular weight excluding hydrogens is 166 g/mol. The third-order valence-electron chi connectivity index (χ3n) is 2.07. The molecule has 0 fully saturated rings. The van der Waals surface area contributed by atoms with Crippen molar-refractivity contribution in [2.75, 3.05) is 0 Å². The van der Waals surface area contributed by atoms with Crippen molar-refractivity contribution in [3.63, 3.8) is 0 Å². The molecule has 0 aliphatic rings. The van der Waals surface area contributed by atoms with Crippen LogP contribution < -0.4 is 0 Å². The molecule has 3 nitrogen and oxygen atoms in total. The largest absolute Gasteiger partial charge is 0.269 e. The van der Waals surface area contributed by atoms with E-state index in [1.54, 1.807) is 12.1 Å². The summed E-state index contributed by atoms with van der Waals surface area (Å²) in [4.78, 5) is 9.95. The highest BCUT2D eigenvalue weighted by Gasteiger charge is 2.06. The quantitative estimate of drug-likeness (QED) is 0.527. The van der Waals surface area contributed by atoms with Crippen molar-refractivity contribution in [2.45, 2.75) is 19.3 Å². The van der Waals surface area contributed by atoms with E-state index in [0.29, 0.717) is 0 Å². The minimum Gasteiger partial charge on any atom is -0.258 e. The lowest BCUT2D eigenvalue weighted by molar-refractivity contribution is -0.384. The van der Waals surface area contributed by atoms with Gasteiger partial charge in [-0.2, -0.15) is 0 Å². The molecule has 69 valence electrons. The van der Waals surface area contributed by atoms with Gasteiger partial charge in [0.2, 0.25) is 0 Å². The highest BCUT2D eigenvalue weighted by molar-refractivity contribution is 5.34. The minimum atomic E-state index is -0.395. The molecule has 0 aliphatic carbocycles. The molecule has 0 aromatic heterocycles. The summed E-state index contributed by atoms with van der Waals surface area (Å²) in [6, 6.07) is 6.56. The van der Waals surface area contributed by atoms with E-state index in [4.69, 9.17) is 0 Å². The highest BCUT2D eigenvalue weighted by atomic mass is 16.6. The van der Waals surface area contributed by atoms with Gasteiger partial charge in [0.1, 0.15) is 0 Å². The summed E-state index contributed by atoms with van der Waals surface area (Å²) in [6.45, 7) is 5.97. The van der Waals surface area contributed by atoms with Gasteiger partial charge in [0, 0.05) is 12.1 Å². The standard InChI is InChI=1S/C10H12NO2/c1-3-8(2)9-4-6-10(7-5-9)11(12)13/h4-8H,2-3H2,1H3. The Morgan fingerprint density at radius 1 is 1.46 bits per heavy atom. The number of nitro benzene ring substituents is 1. The number of benzene rings is 1. The molecule has 13 heavy (non-hydrogen) atoms. The fourth-order valence-corrected chi connectivity index (χ4v) is 1.10. The molecule has 1 radical (unpaired) electrons. The van der Waals surface area contributed by atoms with Gasteiger partial charge in [0.05, 0.1) is 4.92 Å². The second-order valence-corrected chi connectivity index (χ2v) is 2.95. The molecule has 0 saturated carbocycles. The van der Waals surface area contributed by atoms with Crippen LogP contribution in [0.25, 0.3) is 0 Å². The summed E-state index contributed by atoms with van der Waals surface area (Å²) in [7, 11) is 0. The molecule has 0 heterocycles. The molecule has 1 atom stereocenters. The van der Waals surface area contributed by atoms with Crippen LogP contribution in [-0.4, -0.2) is 4.92 Å². The van der Waals surface area contributed by atoms with Crippen molar-refractivity contribution in [1.29, 1.82) is 0 Å². The Hall–Kier alpha value is -1.38. The van der Waals surface area contributed by atoms with Crippen molar-refractivity contribution in [1.82, 2.24) is 0 Å². The van der Waals surface area contributed by atoms with Crippen LogP contribution in [0.3, 0.4) is 0 Å². The van der Waals surface area contributed by atoms with Crippen LogP contribution >= 0.6 is 0 Å². The molecule has 0 aliphatic heterocycles. The zero-order chi connectivity index (χ0) is 9.84. The van der Waals surface area contributed by atoms with E-state index in [2.05, 4.69) is 6.92 Å². The first-order chi connectivity index (χ1) is 6.15. The van der Waals surface area contributed by atoms with Crippen LogP contribution in [0.4, 0.5) is 5.69 Å². The van der Waals surface area contributed by atoms with Gasteiger partial charge in [0.15, 0.2) is 0 Å². The van der Waals surface area contributed by atoms with Crippen LogP contribution in [0.2, 0.25) is 0 Å². The summed E-state index contributed by atoms with van der Waals surface area (Å²) < 4.78 is 0. The second kappa shape index (κ2) is 4.03. The Bertz CT molecular complexity index is 292. The van der Waals surface area contributed by atoms with Crippen molar-refractivity contribution < 1.29 is 4.92 Å². The highest BCUT2D eigenvalue weighted by Crippen LogP contribution is 2.20. The number of nitro groups is 1. The smallest absolute Gasteiger partial charge is 0.258 e. The molecule has 3 heteroatoms. The molecule has 1 unspecified atom stereocenters. The normalized spacial score (nSPS) is 12.5. The van der Waals surface area contributed by atoms with Gasteiger partial charge < -0.3 is 0 Å². The fourth-order valence-electron chi connectivity index (χ4n) is 1.10. The maximum absolute atomic E-state index is 10.3. The Morgan fingerprint density at radius 2 is 2.00 bits per heavy atom. The van der Waals surface area contributed by atoms with E-state index in [1.807, 2.05) is 6.92 Å². The SMILES string of the molecule is [CH2]C(CC)c1ccc([N+](=O)[O-])cc1. The lowest BCUT2D eigenvalue weighted by Crippen LogP contribution is -1.92. The number of hydrogen-bond donors (Lipinski definition) is 0. The van der Waals surface area contributed by atoms with E-state index >= 15 is 0 Å². The Balaban J connectivity index is 2.87.